The van der Waals surface area contributed by atoms with Crippen LogP contribution in [0, 0.1) is 28.6 Å². The number of aliphatic hydroxyl groups excluding tert-OH is 3. The maximum Gasteiger partial charge on any atom is 0.331 e. The summed E-state index contributed by atoms with van der Waals surface area (Å²) in [6.07, 6.45) is -1.06. The highest BCUT2D eigenvalue weighted by atomic mass is 16.7. The van der Waals surface area contributed by atoms with E-state index in [1.807, 2.05) is 6.92 Å². The predicted octanol–water partition coefficient (Wildman–Crippen LogP) is 0.375. The van der Waals surface area contributed by atoms with Crippen LogP contribution in [-0.2, 0) is 28.5 Å². The van der Waals surface area contributed by atoms with Gasteiger partial charge in [0, 0.05) is 25.0 Å². The van der Waals surface area contributed by atoms with Crippen LogP contribution in [0.5, 0.6) is 0 Å². The molecule has 4 aliphatic carbocycles. The van der Waals surface area contributed by atoms with Crippen molar-refractivity contribution in [1.29, 1.82) is 0 Å². The van der Waals surface area contributed by atoms with Crippen LogP contribution in [-0.4, -0.2) is 106 Å². The van der Waals surface area contributed by atoms with E-state index in [1.54, 1.807) is 6.92 Å². The first-order valence-electron chi connectivity index (χ1n) is 15.0. The molecule has 2 heterocycles. The number of hydrogen-bond acceptors (Lipinski definition) is 11. The Morgan fingerprint density at radius 1 is 1.05 bits per heavy atom. The van der Waals surface area contributed by atoms with Gasteiger partial charge in [0.15, 0.2) is 6.29 Å². The molecule has 0 radical (unpaired) electrons. The second-order valence-corrected chi connectivity index (χ2v) is 13.7. The number of aldehydes is 1. The van der Waals surface area contributed by atoms with Gasteiger partial charge in [-0.25, -0.2) is 4.79 Å². The van der Waals surface area contributed by atoms with Crippen molar-refractivity contribution >= 4 is 12.3 Å². The van der Waals surface area contributed by atoms with Gasteiger partial charge in [-0.3, -0.25) is 0 Å². The molecule has 11 heteroatoms. The predicted molar refractivity (Wildman–Crippen MR) is 141 cm³/mol. The molecule has 2 aliphatic heterocycles. The Bertz CT molecular complexity index is 1100. The van der Waals surface area contributed by atoms with Crippen molar-refractivity contribution in [2.24, 2.45) is 28.6 Å². The van der Waals surface area contributed by atoms with Gasteiger partial charge >= 0.3 is 5.97 Å². The van der Waals surface area contributed by atoms with Gasteiger partial charge in [0.1, 0.15) is 31.2 Å². The normalized spacial score (nSPS) is 54.9. The third-order valence-corrected chi connectivity index (χ3v) is 12.3. The van der Waals surface area contributed by atoms with E-state index in [9.17, 15) is 35.1 Å². The van der Waals surface area contributed by atoms with Crippen LogP contribution < -0.4 is 0 Å². The van der Waals surface area contributed by atoms with E-state index >= 15 is 0 Å². The van der Waals surface area contributed by atoms with E-state index < -0.39 is 76.8 Å². The topological polar surface area (TPSA) is 172 Å². The number of carbonyl (C=O) groups is 2. The highest BCUT2D eigenvalue weighted by molar-refractivity contribution is 5.85. The van der Waals surface area contributed by atoms with Crippen molar-refractivity contribution in [2.75, 3.05) is 13.7 Å². The lowest BCUT2D eigenvalue weighted by Crippen LogP contribution is -2.71. The zero-order chi connectivity index (χ0) is 29.5. The summed E-state index contributed by atoms with van der Waals surface area (Å²) in [6, 6.07) is 0. The van der Waals surface area contributed by atoms with Crippen molar-refractivity contribution in [3.63, 3.8) is 0 Å². The molecule has 0 aromatic heterocycles. The third-order valence-electron chi connectivity index (χ3n) is 12.3. The molecule has 0 spiro atoms. The molecule has 0 aromatic rings. The molecule has 3 unspecified atom stereocenters. The molecule has 6 rings (SSSR count). The first-order chi connectivity index (χ1) is 19.3. The number of esters is 1. The molecular weight excluding hydrogens is 536 g/mol. The van der Waals surface area contributed by atoms with E-state index in [4.69, 9.17) is 18.9 Å². The molecule has 41 heavy (non-hydrogen) atoms. The number of ether oxygens (including phenoxy) is 4. The maximum atomic E-state index is 13.1. The lowest BCUT2D eigenvalue weighted by atomic mass is 9.41. The van der Waals surface area contributed by atoms with Crippen LogP contribution in [0.4, 0.5) is 0 Å². The average molecular weight is 581 g/mol. The Labute approximate surface area is 239 Å². The van der Waals surface area contributed by atoms with Crippen LogP contribution in [0.25, 0.3) is 0 Å². The number of methoxy groups -OCH3 is 1. The fourth-order valence-electron chi connectivity index (χ4n) is 9.98. The number of hydrogen-bond donors (Lipinski definition) is 5. The second kappa shape index (κ2) is 10.1. The van der Waals surface area contributed by atoms with Crippen molar-refractivity contribution in [2.45, 2.75) is 119 Å². The summed E-state index contributed by atoms with van der Waals surface area (Å²) >= 11 is 0. The third kappa shape index (κ3) is 4.00. The minimum absolute atomic E-state index is 0.152. The summed E-state index contributed by atoms with van der Waals surface area (Å²) in [5.41, 5.74) is -3.98. The number of fused-ring (bicyclic) bond motifs is 5. The standard InChI is InChI=1S/C30H44O11/c1-15-23(34)24(35)25(38-3)26(40-15)41-17-4-7-28(14-31)20-11-21(32)27(2)18(16-10-22(33)39-13-16)6-9-30(27,37)19(20)5-8-29(28,36)12-17/h10,14-15,17-21,23-26,32,34-37H,4-9,11-13H2,1-3H3/t15-,17?,18-,19-,20+,21?,23+,24+,25-,26+,27+,28+,29?,30+/m1/s1. The van der Waals surface area contributed by atoms with Crippen LogP contribution in [0.15, 0.2) is 11.6 Å². The zero-order valence-electron chi connectivity index (χ0n) is 24.0. The minimum Gasteiger partial charge on any atom is -0.458 e. The smallest absolute Gasteiger partial charge is 0.331 e. The molecule has 11 nitrogen and oxygen atoms in total. The maximum absolute atomic E-state index is 13.1. The molecule has 5 fully saturated rings. The lowest BCUT2D eigenvalue weighted by Gasteiger charge is -2.66. The van der Waals surface area contributed by atoms with Gasteiger partial charge < -0.3 is 49.3 Å². The van der Waals surface area contributed by atoms with Gasteiger partial charge in [0.25, 0.3) is 0 Å². The average Bonchev–Trinajstić information content (AvgIpc) is 3.48. The van der Waals surface area contributed by atoms with E-state index in [0.717, 1.165) is 11.9 Å². The van der Waals surface area contributed by atoms with Crippen molar-refractivity contribution < 1.29 is 54.1 Å². The first-order valence-corrected chi connectivity index (χ1v) is 15.0. The van der Waals surface area contributed by atoms with Gasteiger partial charge in [0.2, 0.25) is 0 Å². The molecule has 230 valence electrons. The second-order valence-electron chi connectivity index (χ2n) is 13.7. The Kier molecular flexibility index (Phi) is 7.26. The quantitative estimate of drug-likeness (QED) is 0.173. The molecule has 6 aliphatic rings. The van der Waals surface area contributed by atoms with Crippen LogP contribution in [0.3, 0.4) is 0 Å². The van der Waals surface area contributed by atoms with Gasteiger partial charge in [-0.05, 0) is 75.2 Å². The Hall–Kier alpha value is -1.44. The van der Waals surface area contributed by atoms with Crippen LogP contribution >= 0.6 is 0 Å². The van der Waals surface area contributed by atoms with Crippen LogP contribution in [0.1, 0.15) is 65.2 Å². The highest BCUT2D eigenvalue weighted by Crippen LogP contribution is 2.70. The Morgan fingerprint density at radius 3 is 2.46 bits per heavy atom. The van der Waals surface area contributed by atoms with Crippen molar-refractivity contribution in [3.05, 3.63) is 11.6 Å². The fourth-order valence-corrected chi connectivity index (χ4v) is 9.98. The van der Waals surface area contributed by atoms with E-state index in [0.29, 0.717) is 32.1 Å². The lowest BCUT2D eigenvalue weighted by molar-refractivity contribution is -0.322. The van der Waals surface area contributed by atoms with Gasteiger partial charge in [-0.15, -0.1) is 0 Å². The molecule has 14 atom stereocenters. The van der Waals surface area contributed by atoms with E-state index in [1.165, 1.54) is 13.2 Å². The summed E-state index contributed by atoms with van der Waals surface area (Å²) in [7, 11) is 1.40. The Morgan fingerprint density at radius 2 is 1.80 bits per heavy atom. The summed E-state index contributed by atoms with van der Waals surface area (Å²) in [5.74, 6) is -1.36. The molecular formula is C30H44O11. The van der Waals surface area contributed by atoms with Gasteiger partial charge in [-0.2, -0.15) is 0 Å². The fraction of sp³-hybridized carbons (Fsp3) is 0.867. The van der Waals surface area contributed by atoms with E-state index in [2.05, 4.69) is 0 Å². The highest BCUT2D eigenvalue weighted by Gasteiger charge is 2.74. The minimum atomic E-state index is -1.42. The molecule has 5 N–H and O–H groups in total. The molecule has 0 amide bonds. The largest absolute Gasteiger partial charge is 0.458 e. The summed E-state index contributed by atoms with van der Waals surface area (Å²) in [6.45, 7) is 3.70. The summed E-state index contributed by atoms with van der Waals surface area (Å²) in [4.78, 5) is 24.9. The van der Waals surface area contributed by atoms with Gasteiger partial charge in [0.05, 0.1) is 34.9 Å². The molecule has 4 saturated carbocycles. The van der Waals surface area contributed by atoms with Crippen molar-refractivity contribution in [3.8, 4) is 0 Å². The van der Waals surface area contributed by atoms with Crippen molar-refractivity contribution in [1.82, 2.24) is 0 Å². The number of carbonyl (C=O) groups excluding carboxylic acids is 2. The molecule has 1 saturated heterocycles. The van der Waals surface area contributed by atoms with Crippen LogP contribution in [0.2, 0.25) is 0 Å². The number of rotatable bonds is 5. The monoisotopic (exact) mass is 580 g/mol. The SMILES string of the molecule is CO[C@H]1[C@H](OC2CC[C@]3(C=O)[C@H]4CC(O)[C@]5(C)[C@@H](C6=CC(=O)OC6)CC[C@]5(O)[C@@H]4CCC3(O)C2)O[C@H](C)[C@H](O)[C@@H]1O. The first kappa shape index (κ1) is 29.6. The summed E-state index contributed by atoms with van der Waals surface area (Å²) in [5, 5.41) is 57.0. The van der Waals surface area contributed by atoms with E-state index in [-0.39, 0.29) is 37.7 Å². The Balaban J connectivity index is 1.25. The zero-order valence-corrected chi connectivity index (χ0v) is 24.0. The number of aliphatic hydroxyl groups is 5. The summed E-state index contributed by atoms with van der Waals surface area (Å²) < 4.78 is 22.6. The molecule has 0 bridgehead atoms. The molecule has 0 aromatic carbocycles. The number of cyclic esters (lactones) is 1. The van der Waals surface area contributed by atoms with Gasteiger partial charge in [-0.1, -0.05) is 6.92 Å².